The molecule has 0 aromatic rings. The highest BCUT2D eigenvalue weighted by atomic mass is 28.4. The van der Waals surface area contributed by atoms with Crippen molar-refractivity contribution >= 4 is 8.32 Å². The molecule has 0 bridgehead atoms. The molecule has 3 rings (SSSR count). The summed E-state index contributed by atoms with van der Waals surface area (Å²) in [7, 11) is -3.28. The first-order valence-electron chi connectivity index (χ1n) is 11.0. The normalized spacial score (nSPS) is 43.6. The van der Waals surface area contributed by atoms with E-state index in [2.05, 4.69) is 20.8 Å². The Morgan fingerprint density at radius 1 is 0.643 bits per heavy atom. The molecule has 3 saturated heterocycles. The molecule has 28 heavy (non-hydrogen) atoms. The van der Waals surface area contributed by atoms with Crippen LogP contribution in [0.1, 0.15) is 67.7 Å². The van der Waals surface area contributed by atoms with Crippen LogP contribution in [0.25, 0.3) is 0 Å². The van der Waals surface area contributed by atoms with Crippen LogP contribution in [-0.4, -0.2) is 69.3 Å². The van der Waals surface area contributed by atoms with Gasteiger partial charge in [-0.25, -0.2) is 0 Å². The van der Waals surface area contributed by atoms with E-state index in [-0.39, 0.29) is 18.3 Å². The predicted molar refractivity (Wildman–Crippen MR) is 106 cm³/mol. The van der Waals surface area contributed by atoms with Gasteiger partial charge in [-0.05, 0) is 47.0 Å². The first kappa shape index (κ1) is 22.6. The van der Waals surface area contributed by atoms with Gasteiger partial charge in [-0.1, -0.05) is 20.8 Å². The standard InChI is InChI=1S/C20H38O7Si/c1-8-12-21-18(15(5)25-18)28(24-11-4,19(16(6)26-19)22-13-9-2)20(17(7)27-20)23-14-10-3/h15-17H,8-14H2,1-7H3. The van der Waals surface area contributed by atoms with E-state index < -0.39 is 24.5 Å². The van der Waals surface area contributed by atoms with Crippen molar-refractivity contribution in [1.82, 2.24) is 0 Å². The van der Waals surface area contributed by atoms with Crippen LogP contribution in [0.3, 0.4) is 0 Å². The Bertz CT molecular complexity index is 479. The number of ether oxygens (including phenoxy) is 6. The van der Waals surface area contributed by atoms with E-state index in [1.807, 2.05) is 27.7 Å². The minimum Gasteiger partial charge on any atom is -0.404 e. The maximum Gasteiger partial charge on any atom is 0.393 e. The molecule has 0 saturated carbocycles. The molecule has 3 heterocycles. The second-order valence-electron chi connectivity index (χ2n) is 7.94. The summed E-state index contributed by atoms with van der Waals surface area (Å²) in [6.07, 6.45) is 2.25. The van der Waals surface area contributed by atoms with Crippen molar-refractivity contribution in [3.05, 3.63) is 0 Å². The third-order valence-electron chi connectivity index (χ3n) is 5.88. The third-order valence-corrected chi connectivity index (χ3v) is 11.6. The van der Waals surface area contributed by atoms with Crippen molar-refractivity contribution in [1.29, 1.82) is 0 Å². The average Bonchev–Trinajstić information content (AvgIpc) is 3.61. The zero-order chi connectivity index (χ0) is 20.6. The first-order valence-corrected chi connectivity index (χ1v) is 12.9. The van der Waals surface area contributed by atoms with Crippen molar-refractivity contribution in [2.75, 3.05) is 26.4 Å². The van der Waals surface area contributed by atoms with Gasteiger partial charge in [0.05, 0.1) is 0 Å². The highest BCUT2D eigenvalue weighted by molar-refractivity contribution is 6.83. The molecule has 3 fully saturated rings. The van der Waals surface area contributed by atoms with E-state index in [0.717, 1.165) is 19.3 Å². The van der Waals surface area contributed by atoms with Gasteiger partial charge in [-0.3, -0.25) is 0 Å². The van der Waals surface area contributed by atoms with Crippen molar-refractivity contribution in [2.24, 2.45) is 0 Å². The molecule has 0 aromatic heterocycles. The highest BCUT2D eigenvalue weighted by Crippen LogP contribution is 2.66. The molecule has 8 heteroatoms. The Morgan fingerprint density at radius 2 is 0.929 bits per heavy atom. The van der Waals surface area contributed by atoms with Crippen LogP contribution < -0.4 is 0 Å². The zero-order valence-electron chi connectivity index (χ0n) is 18.5. The van der Waals surface area contributed by atoms with Crippen molar-refractivity contribution < 1.29 is 32.8 Å². The molecule has 0 radical (unpaired) electrons. The Morgan fingerprint density at radius 3 is 1.11 bits per heavy atom. The van der Waals surface area contributed by atoms with E-state index in [4.69, 9.17) is 32.8 Å². The van der Waals surface area contributed by atoms with Gasteiger partial charge >= 0.3 is 8.32 Å². The van der Waals surface area contributed by atoms with E-state index in [1.165, 1.54) is 0 Å². The topological polar surface area (TPSA) is 74.5 Å². The second-order valence-corrected chi connectivity index (χ2v) is 11.7. The largest absolute Gasteiger partial charge is 0.404 e. The van der Waals surface area contributed by atoms with Gasteiger partial charge in [0.15, 0.2) is 0 Å². The van der Waals surface area contributed by atoms with Gasteiger partial charge < -0.3 is 32.8 Å². The van der Waals surface area contributed by atoms with Crippen LogP contribution >= 0.6 is 0 Å². The monoisotopic (exact) mass is 418 g/mol. The van der Waals surface area contributed by atoms with Gasteiger partial charge in [0.1, 0.15) is 18.3 Å². The molecule has 0 N–H and O–H groups in total. The summed E-state index contributed by atoms with van der Waals surface area (Å²) >= 11 is 0. The van der Waals surface area contributed by atoms with E-state index >= 15 is 0 Å². The van der Waals surface area contributed by atoms with Crippen LogP contribution in [-0.2, 0) is 32.8 Å². The Kier molecular flexibility index (Phi) is 6.64. The second kappa shape index (κ2) is 8.23. The molecule has 6 atom stereocenters. The quantitative estimate of drug-likeness (QED) is 0.317. The molecule has 0 aromatic carbocycles. The van der Waals surface area contributed by atoms with E-state index in [0.29, 0.717) is 26.4 Å². The van der Waals surface area contributed by atoms with E-state index in [1.54, 1.807) is 0 Å². The Labute approximate surface area is 170 Å². The maximum absolute atomic E-state index is 6.70. The molecule has 0 spiro atoms. The van der Waals surface area contributed by atoms with Crippen molar-refractivity contribution in [2.45, 2.75) is 102 Å². The number of epoxide rings is 3. The summed E-state index contributed by atoms with van der Waals surface area (Å²) < 4.78 is 44.7. The lowest BCUT2D eigenvalue weighted by atomic mass is 10.5. The lowest BCUT2D eigenvalue weighted by Crippen LogP contribution is -2.77. The van der Waals surface area contributed by atoms with Crippen LogP contribution in [0.2, 0.25) is 0 Å². The van der Waals surface area contributed by atoms with Gasteiger partial charge in [0.2, 0.25) is 16.2 Å². The predicted octanol–water partition coefficient (Wildman–Crippen LogP) is 3.21. The Hall–Kier alpha value is -0.0631. The molecule has 7 nitrogen and oxygen atoms in total. The minimum atomic E-state index is -3.28. The summed E-state index contributed by atoms with van der Waals surface area (Å²) in [6, 6.07) is 0. The van der Waals surface area contributed by atoms with Gasteiger partial charge in [0, 0.05) is 26.4 Å². The molecule has 3 aliphatic rings. The van der Waals surface area contributed by atoms with Crippen molar-refractivity contribution in [3.63, 3.8) is 0 Å². The number of rotatable bonds is 14. The van der Waals surface area contributed by atoms with Gasteiger partial charge in [-0.15, -0.1) is 0 Å². The maximum atomic E-state index is 6.70. The number of hydrogen-bond donors (Lipinski definition) is 0. The van der Waals surface area contributed by atoms with Crippen LogP contribution in [0, 0.1) is 0 Å². The summed E-state index contributed by atoms with van der Waals surface area (Å²) in [5.41, 5.74) is -2.72. The molecular weight excluding hydrogens is 380 g/mol. The molecular formula is C20H38O7Si. The fourth-order valence-corrected chi connectivity index (χ4v) is 10.7. The van der Waals surface area contributed by atoms with Crippen molar-refractivity contribution in [3.8, 4) is 0 Å². The molecule has 6 unspecified atom stereocenters. The summed E-state index contributed by atoms with van der Waals surface area (Å²) in [5, 5.41) is 0. The summed E-state index contributed by atoms with van der Waals surface area (Å²) in [5.74, 6) is 0. The summed E-state index contributed by atoms with van der Waals surface area (Å²) in [6.45, 7) is 16.5. The lowest BCUT2D eigenvalue weighted by Gasteiger charge is -2.43. The average molecular weight is 419 g/mol. The SMILES string of the molecule is CCCOC1([Si](OCC)(C2(OCCC)OC2C)C2(OCCC)OC2C)OC1C. The highest BCUT2D eigenvalue weighted by Gasteiger charge is 2.98. The molecule has 0 amide bonds. The minimum absolute atomic E-state index is 0.130. The van der Waals surface area contributed by atoms with Crippen LogP contribution in [0.15, 0.2) is 0 Å². The third kappa shape index (κ3) is 3.03. The fraction of sp³-hybridized carbons (Fsp3) is 1.00. The van der Waals surface area contributed by atoms with Crippen LogP contribution in [0.5, 0.6) is 0 Å². The van der Waals surface area contributed by atoms with Gasteiger partial charge in [0.25, 0.3) is 0 Å². The van der Waals surface area contributed by atoms with Gasteiger partial charge in [-0.2, -0.15) is 0 Å². The molecule has 164 valence electrons. The molecule has 3 aliphatic heterocycles. The smallest absolute Gasteiger partial charge is 0.393 e. The zero-order valence-corrected chi connectivity index (χ0v) is 19.5. The fourth-order valence-electron chi connectivity index (χ4n) is 4.56. The van der Waals surface area contributed by atoms with Crippen LogP contribution in [0.4, 0.5) is 0 Å². The molecule has 0 aliphatic carbocycles. The lowest BCUT2D eigenvalue weighted by molar-refractivity contribution is -0.0950. The number of hydrogen-bond acceptors (Lipinski definition) is 7. The summed E-state index contributed by atoms with van der Waals surface area (Å²) in [4.78, 5) is 0. The van der Waals surface area contributed by atoms with E-state index in [9.17, 15) is 0 Å². The Balaban J connectivity index is 2.12. The first-order chi connectivity index (χ1) is 13.4.